The fourth-order valence-electron chi connectivity index (χ4n) is 1.40. The second-order valence-electron chi connectivity index (χ2n) is 3.55. The van der Waals surface area contributed by atoms with Crippen molar-refractivity contribution in [1.29, 1.82) is 0 Å². The minimum absolute atomic E-state index is 0.239. The van der Waals surface area contributed by atoms with Crippen molar-refractivity contribution in [3.05, 3.63) is 35.4 Å². The molecule has 2 aromatic rings. The van der Waals surface area contributed by atoms with Crippen molar-refractivity contribution in [2.24, 2.45) is 4.99 Å². The summed E-state index contributed by atoms with van der Waals surface area (Å²) in [5.74, 6) is 0.834. The van der Waals surface area contributed by atoms with Gasteiger partial charge in [0.2, 0.25) is 11.9 Å². The highest BCUT2D eigenvalue weighted by molar-refractivity contribution is 5.62. The van der Waals surface area contributed by atoms with E-state index in [0.717, 1.165) is 5.56 Å². The van der Waals surface area contributed by atoms with Gasteiger partial charge < -0.3 is 4.52 Å². The van der Waals surface area contributed by atoms with Gasteiger partial charge in [-0.1, -0.05) is 17.3 Å². The SMILES string of the molecule is Cc1ccc(-c2cc(N=C=O)no2)cc1C. The Morgan fingerprint density at radius 2 is 2.06 bits per heavy atom. The average Bonchev–Trinajstić information content (AvgIpc) is 2.71. The summed E-state index contributed by atoms with van der Waals surface area (Å²) in [5, 5.41) is 3.63. The Labute approximate surface area is 92.6 Å². The highest BCUT2D eigenvalue weighted by Crippen LogP contribution is 2.25. The third kappa shape index (κ3) is 1.92. The van der Waals surface area contributed by atoms with Gasteiger partial charge in [0.25, 0.3) is 0 Å². The van der Waals surface area contributed by atoms with Crippen molar-refractivity contribution in [1.82, 2.24) is 5.16 Å². The van der Waals surface area contributed by atoms with Crippen LogP contribution in [0.25, 0.3) is 11.3 Å². The minimum Gasteiger partial charge on any atom is -0.354 e. The average molecular weight is 214 g/mol. The zero-order valence-corrected chi connectivity index (χ0v) is 9.02. The molecule has 16 heavy (non-hydrogen) atoms. The molecule has 0 aliphatic carbocycles. The van der Waals surface area contributed by atoms with Gasteiger partial charge >= 0.3 is 0 Å². The van der Waals surface area contributed by atoms with Crippen molar-refractivity contribution in [2.75, 3.05) is 0 Å². The Kier molecular flexibility index (Phi) is 2.66. The third-order valence-corrected chi connectivity index (χ3v) is 2.45. The molecule has 0 fully saturated rings. The Balaban J connectivity index is 2.42. The fraction of sp³-hybridized carbons (Fsp3) is 0.167. The van der Waals surface area contributed by atoms with E-state index in [4.69, 9.17) is 4.52 Å². The molecule has 2 rings (SSSR count). The predicted octanol–water partition coefficient (Wildman–Crippen LogP) is 2.93. The number of hydrogen-bond acceptors (Lipinski definition) is 4. The van der Waals surface area contributed by atoms with E-state index in [1.807, 2.05) is 32.0 Å². The summed E-state index contributed by atoms with van der Waals surface area (Å²) in [7, 11) is 0. The highest BCUT2D eigenvalue weighted by atomic mass is 16.5. The van der Waals surface area contributed by atoms with Gasteiger partial charge in [-0.2, -0.15) is 0 Å². The zero-order chi connectivity index (χ0) is 11.5. The predicted molar refractivity (Wildman–Crippen MR) is 59.2 cm³/mol. The maximum Gasteiger partial charge on any atom is 0.242 e. The van der Waals surface area contributed by atoms with E-state index >= 15 is 0 Å². The van der Waals surface area contributed by atoms with Gasteiger partial charge in [-0.15, -0.1) is 4.99 Å². The molecule has 0 aliphatic heterocycles. The number of isocyanates is 1. The lowest BCUT2D eigenvalue weighted by molar-refractivity contribution is 0.434. The Bertz CT molecular complexity index is 566. The molecule has 0 bridgehead atoms. The normalized spacial score (nSPS) is 9.88. The van der Waals surface area contributed by atoms with E-state index in [2.05, 4.69) is 10.1 Å². The van der Waals surface area contributed by atoms with Crippen LogP contribution in [-0.4, -0.2) is 11.2 Å². The summed E-state index contributed by atoms with van der Waals surface area (Å²) in [6.45, 7) is 4.07. The largest absolute Gasteiger partial charge is 0.354 e. The first-order valence-corrected chi connectivity index (χ1v) is 4.83. The maximum atomic E-state index is 10.0. The molecule has 0 amide bonds. The smallest absolute Gasteiger partial charge is 0.242 e. The van der Waals surface area contributed by atoms with E-state index in [-0.39, 0.29) is 5.82 Å². The number of aryl methyl sites for hydroxylation is 2. The lowest BCUT2D eigenvalue weighted by atomic mass is 10.1. The molecule has 1 heterocycles. The van der Waals surface area contributed by atoms with Crippen molar-refractivity contribution in [2.45, 2.75) is 13.8 Å². The standard InChI is InChI=1S/C12H10N2O2/c1-8-3-4-10(5-9(8)2)11-6-12(13-7-15)14-16-11/h3-6H,1-2H3. The molecule has 0 saturated heterocycles. The number of rotatable bonds is 2. The quantitative estimate of drug-likeness (QED) is 0.570. The Morgan fingerprint density at radius 1 is 1.25 bits per heavy atom. The summed E-state index contributed by atoms with van der Waals surface area (Å²) in [4.78, 5) is 13.4. The van der Waals surface area contributed by atoms with Gasteiger partial charge in [0.05, 0.1) is 0 Å². The topological polar surface area (TPSA) is 55.5 Å². The van der Waals surface area contributed by atoms with Crippen LogP contribution >= 0.6 is 0 Å². The van der Waals surface area contributed by atoms with Crippen molar-refractivity contribution >= 4 is 11.9 Å². The number of hydrogen-bond donors (Lipinski definition) is 0. The second kappa shape index (κ2) is 4.13. The molecular weight excluding hydrogens is 204 g/mol. The fourth-order valence-corrected chi connectivity index (χ4v) is 1.40. The van der Waals surface area contributed by atoms with Gasteiger partial charge in [0, 0.05) is 11.6 Å². The Morgan fingerprint density at radius 3 is 2.75 bits per heavy atom. The first-order valence-electron chi connectivity index (χ1n) is 4.83. The number of aliphatic imine (C=N–C) groups is 1. The summed E-state index contributed by atoms with van der Waals surface area (Å²) < 4.78 is 5.08. The van der Waals surface area contributed by atoms with Crippen LogP contribution in [0.3, 0.4) is 0 Å². The molecule has 0 aliphatic rings. The van der Waals surface area contributed by atoms with E-state index in [1.54, 1.807) is 6.07 Å². The van der Waals surface area contributed by atoms with Crippen LogP contribution in [0, 0.1) is 13.8 Å². The van der Waals surface area contributed by atoms with Gasteiger partial charge in [-0.05, 0) is 31.0 Å². The molecule has 4 heteroatoms. The molecule has 0 atom stereocenters. The monoisotopic (exact) mass is 214 g/mol. The molecule has 1 aromatic heterocycles. The molecule has 0 saturated carbocycles. The van der Waals surface area contributed by atoms with Crippen LogP contribution in [0.2, 0.25) is 0 Å². The van der Waals surface area contributed by atoms with E-state index in [1.165, 1.54) is 17.2 Å². The molecule has 1 aromatic carbocycles. The minimum atomic E-state index is 0.239. The molecule has 0 unspecified atom stereocenters. The van der Waals surface area contributed by atoms with Crippen LogP contribution in [0.15, 0.2) is 33.8 Å². The number of carbonyl (C=O) groups excluding carboxylic acids is 1. The number of benzene rings is 1. The van der Waals surface area contributed by atoms with Crippen molar-refractivity contribution in [3.8, 4) is 11.3 Å². The van der Waals surface area contributed by atoms with Crippen LogP contribution in [0.4, 0.5) is 5.82 Å². The van der Waals surface area contributed by atoms with E-state index in [9.17, 15) is 4.79 Å². The number of nitrogens with zero attached hydrogens (tertiary/aromatic N) is 2. The van der Waals surface area contributed by atoms with E-state index in [0.29, 0.717) is 5.76 Å². The summed E-state index contributed by atoms with van der Waals surface area (Å²) in [5.41, 5.74) is 3.31. The van der Waals surface area contributed by atoms with Gasteiger partial charge in [-0.3, -0.25) is 0 Å². The van der Waals surface area contributed by atoms with Crippen LogP contribution in [0.1, 0.15) is 11.1 Å². The van der Waals surface area contributed by atoms with Gasteiger partial charge in [0.1, 0.15) is 0 Å². The summed E-state index contributed by atoms with van der Waals surface area (Å²) in [6, 6.07) is 7.56. The lowest BCUT2D eigenvalue weighted by Gasteiger charge is -2.01. The van der Waals surface area contributed by atoms with Crippen molar-refractivity contribution < 1.29 is 9.32 Å². The summed E-state index contributed by atoms with van der Waals surface area (Å²) in [6.07, 6.45) is 1.42. The van der Waals surface area contributed by atoms with Crippen LogP contribution in [0.5, 0.6) is 0 Å². The van der Waals surface area contributed by atoms with E-state index < -0.39 is 0 Å². The molecule has 80 valence electrons. The number of aromatic nitrogens is 1. The first kappa shape index (κ1) is 10.3. The zero-order valence-electron chi connectivity index (χ0n) is 9.02. The van der Waals surface area contributed by atoms with Gasteiger partial charge in [-0.25, -0.2) is 4.79 Å². The van der Waals surface area contributed by atoms with Crippen LogP contribution in [-0.2, 0) is 4.79 Å². The Hall–Kier alpha value is -2.19. The maximum absolute atomic E-state index is 10.0. The summed E-state index contributed by atoms with van der Waals surface area (Å²) >= 11 is 0. The molecule has 0 N–H and O–H groups in total. The third-order valence-electron chi connectivity index (χ3n) is 2.45. The first-order chi connectivity index (χ1) is 7.70. The molecule has 0 spiro atoms. The molecule has 4 nitrogen and oxygen atoms in total. The molecular formula is C12H10N2O2. The molecule has 0 radical (unpaired) electrons. The van der Waals surface area contributed by atoms with Crippen LogP contribution < -0.4 is 0 Å². The van der Waals surface area contributed by atoms with Crippen molar-refractivity contribution in [3.63, 3.8) is 0 Å². The highest BCUT2D eigenvalue weighted by Gasteiger charge is 2.06. The lowest BCUT2D eigenvalue weighted by Crippen LogP contribution is -1.81. The second-order valence-corrected chi connectivity index (χ2v) is 3.55. The van der Waals surface area contributed by atoms with Gasteiger partial charge in [0.15, 0.2) is 5.76 Å².